The zero-order chi connectivity index (χ0) is 36.9. The van der Waals surface area contributed by atoms with Gasteiger partial charge in [0.2, 0.25) is 5.89 Å². The first kappa shape index (κ1) is 33.9. The summed E-state index contributed by atoms with van der Waals surface area (Å²) in [6.45, 7) is -0.421. The van der Waals surface area contributed by atoms with Gasteiger partial charge in [-0.2, -0.15) is 13.2 Å². The Kier molecular flexibility index (Phi) is 7.27. The number of carbonyl (C=O) groups excluding carboxylic acids is 3. The number of carbonyl (C=O) groups is 3. The first-order valence-corrected chi connectivity index (χ1v) is 16.2. The van der Waals surface area contributed by atoms with E-state index in [-0.39, 0.29) is 59.8 Å². The molecule has 2 saturated heterocycles. The third kappa shape index (κ3) is 5.26. The molecule has 0 unspecified atom stereocenters. The fourth-order valence-corrected chi connectivity index (χ4v) is 8.05. The summed E-state index contributed by atoms with van der Waals surface area (Å²) in [6, 6.07) is 3.39. The zero-order valence-electron chi connectivity index (χ0n) is 27.5. The number of pyridine rings is 1. The van der Waals surface area contributed by atoms with Gasteiger partial charge in [0, 0.05) is 17.8 Å². The highest BCUT2D eigenvalue weighted by Crippen LogP contribution is 2.68. The van der Waals surface area contributed by atoms with E-state index in [1.165, 1.54) is 32.7 Å². The van der Waals surface area contributed by atoms with Crippen molar-refractivity contribution in [1.82, 2.24) is 15.3 Å². The third-order valence-corrected chi connectivity index (χ3v) is 10.7. The zero-order valence-corrected chi connectivity index (χ0v) is 27.5. The average Bonchev–Trinajstić information content (AvgIpc) is 3.68. The number of fused-ring (bicyclic) bond motifs is 4. The number of nitrogens with one attached hydrogen (secondary N) is 3. The summed E-state index contributed by atoms with van der Waals surface area (Å²) in [5.41, 5.74) is -4.99. The van der Waals surface area contributed by atoms with E-state index in [0.29, 0.717) is 25.2 Å². The molecule has 10 rings (SSSR count). The number of oxazole rings is 1. The number of nitrogens with zero attached hydrogens (tertiary/aromatic N) is 2. The molecule has 0 atom stereocenters. The lowest BCUT2D eigenvalue weighted by atomic mass is 9.39. The van der Waals surface area contributed by atoms with E-state index in [0.717, 1.165) is 12.1 Å². The van der Waals surface area contributed by atoms with E-state index in [4.69, 9.17) is 18.6 Å². The highest BCUT2D eigenvalue weighted by Gasteiger charge is 2.71. The molecule has 2 amide bonds. The normalized spacial score (nSPS) is 29.0. The van der Waals surface area contributed by atoms with Crippen LogP contribution in [0.5, 0.6) is 17.2 Å². The second-order valence-electron chi connectivity index (χ2n) is 14.0. The maximum atomic E-state index is 14.1. The lowest BCUT2D eigenvalue weighted by molar-refractivity contribution is -0.317. The van der Waals surface area contributed by atoms with Gasteiger partial charge in [-0.15, -0.1) is 8.78 Å². The Morgan fingerprint density at radius 3 is 2.25 bits per heavy atom. The smallest absolute Gasteiger partial charge is 0.496 e. The number of amides is 2. The number of rotatable bonds is 9. The molecule has 276 valence electrons. The van der Waals surface area contributed by atoms with Crippen LogP contribution in [0.4, 0.5) is 33.5 Å². The predicted octanol–water partition coefficient (Wildman–Crippen LogP) is 5.10. The summed E-state index contributed by atoms with van der Waals surface area (Å²) in [4.78, 5) is 48.3. The Balaban J connectivity index is 1.04. The Labute approximate surface area is 290 Å². The van der Waals surface area contributed by atoms with Crippen LogP contribution in [0, 0.1) is 0 Å². The van der Waals surface area contributed by atoms with Crippen LogP contribution in [0.3, 0.4) is 0 Å². The molecule has 52 heavy (non-hydrogen) atoms. The van der Waals surface area contributed by atoms with Crippen LogP contribution >= 0.6 is 0 Å². The molecule has 3 aliphatic heterocycles. The molecule has 5 heterocycles. The van der Waals surface area contributed by atoms with Gasteiger partial charge in [0.15, 0.2) is 22.8 Å². The van der Waals surface area contributed by atoms with Gasteiger partial charge in [-0.3, -0.25) is 9.59 Å². The Bertz CT molecular complexity index is 1970. The molecule has 3 aromatic rings. The second kappa shape index (κ2) is 11.1. The maximum absolute atomic E-state index is 14.1. The minimum atomic E-state index is -4.59. The molecule has 19 heteroatoms. The van der Waals surface area contributed by atoms with Gasteiger partial charge in [-0.25, -0.2) is 14.8 Å². The maximum Gasteiger partial charge on any atom is 0.586 e. The lowest BCUT2D eigenvalue weighted by Gasteiger charge is -2.69. The van der Waals surface area contributed by atoms with Crippen molar-refractivity contribution in [3.8, 4) is 17.2 Å². The SMILES string of the molecule is COC(=O)c1coc(C23CC(Nc4nccc(OC)c4C(=O)Nc4cc5c(cc4C(=O)NC46CCC(C(F)(F)F)(CC4)OC6)OC(F)(F)O5)(C2)C3)n1. The molecule has 6 fully saturated rings. The van der Waals surface area contributed by atoms with E-state index >= 15 is 0 Å². The minimum Gasteiger partial charge on any atom is -0.496 e. The van der Waals surface area contributed by atoms with Gasteiger partial charge in [0.25, 0.3) is 11.8 Å². The number of alkyl halides is 5. The highest BCUT2D eigenvalue weighted by atomic mass is 19.4. The lowest BCUT2D eigenvalue weighted by Crippen LogP contribution is -2.73. The molecule has 2 aromatic heterocycles. The van der Waals surface area contributed by atoms with E-state index in [1.54, 1.807) is 0 Å². The van der Waals surface area contributed by atoms with Crippen LogP contribution in [0.2, 0.25) is 0 Å². The largest absolute Gasteiger partial charge is 0.586 e. The second-order valence-corrected chi connectivity index (χ2v) is 14.0. The van der Waals surface area contributed by atoms with Crippen LogP contribution in [0.1, 0.15) is 82.0 Å². The van der Waals surface area contributed by atoms with E-state index in [9.17, 15) is 36.3 Å². The van der Waals surface area contributed by atoms with E-state index in [1.807, 2.05) is 0 Å². The third-order valence-electron chi connectivity index (χ3n) is 10.7. The van der Waals surface area contributed by atoms with E-state index < -0.39 is 70.5 Å². The minimum absolute atomic E-state index is 0.0457. The van der Waals surface area contributed by atoms with Crippen LogP contribution in [0.25, 0.3) is 0 Å². The summed E-state index contributed by atoms with van der Waals surface area (Å²) in [5.74, 6) is -2.70. The van der Waals surface area contributed by atoms with Gasteiger partial charge in [0.1, 0.15) is 23.4 Å². The fraction of sp³-hybridized carbons (Fsp3) is 0.485. The summed E-state index contributed by atoms with van der Waals surface area (Å²) in [6.07, 6.45) is -5.22. The van der Waals surface area contributed by atoms with Gasteiger partial charge in [-0.05, 0) is 57.1 Å². The summed E-state index contributed by atoms with van der Waals surface area (Å²) < 4.78 is 99.5. The number of halogens is 5. The monoisotopic (exact) mass is 735 g/mol. The number of benzene rings is 1. The predicted molar refractivity (Wildman–Crippen MR) is 165 cm³/mol. The number of esters is 1. The number of ether oxygens (including phenoxy) is 5. The van der Waals surface area contributed by atoms with Gasteiger partial charge < -0.3 is 44.1 Å². The topological polar surface area (TPSA) is 172 Å². The van der Waals surface area contributed by atoms with Gasteiger partial charge in [0.05, 0.1) is 43.0 Å². The Morgan fingerprint density at radius 2 is 1.63 bits per heavy atom. The molecular weight excluding hydrogens is 705 g/mol. The Morgan fingerprint density at radius 1 is 0.942 bits per heavy atom. The number of hydrogen-bond acceptors (Lipinski definition) is 12. The highest BCUT2D eigenvalue weighted by molar-refractivity contribution is 6.13. The van der Waals surface area contributed by atoms with Crippen molar-refractivity contribution in [2.45, 2.75) is 79.5 Å². The van der Waals surface area contributed by atoms with Gasteiger partial charge >= 0.3 is 18.4 Å². The van der Waals surface area contributed by atoms with Crippen molar-refractivity contribution in [2.24, 2.45) is 0 Å². The van der Waals surface area contributed by atoms with Crippen molar-refractivity contribution in [3.63, 3.8) is 0 Å². The summed E-state index contributed by atoms with van der Waals surface area (Å²) in [7, 11) is 2.57. The molecule has 1 aromatic carbocycles. The number of methoxy groups -OCH3 is 2. The molecule has 0 spiro atoms. The molecule has 4 aliphatic carbocycles. The first-order valence-electron chi connectivity index (χ1n) is 16.2. The Hall–Kier alpha value is -5.20. The van der Waals surface area contributed by atoms with Crippen LogP contribution in [-0.4, -0.2) is 77.7 Å². The van der Waals surface area contributed by atoms with Crippen molar-refractivity contribution in [1.29, 1.82) is 0 Å². The van der Waals surface area contributed by atoms with Gasteiger partial charge in [-0.1, -0.05) is 0 Å². The standard InChI is InChI=1S/C33H30F5N5O9/c1-47-19-3-8-39-23(42-30-12-28(13-30,14-30)27-41-18(11-49-27)26(46)48-2)22(19)25(45)40-17-10-21-20(51-33(37,38)52-21)9-16(17)24(44)43-29-4-6-31(7-5-29,50-15-29)32(34,35)36/h3,8-11H,4-7,12-15H2,1-2H3,(H,39,42)(H,40,45)(H,43,44). The van der Waals surface area contributed by atoms with Crippen molar-refractivity contribution < 1.29 is 64.4 Å². The van der Waals surface area contributed by atoms with Crippen LogP contribution < -0.4 is 30.2 Å². The molecule has 0 radical (unpaired) electrons. The van der Waals surface area contributed by atoms with Crippen LogP contribution in [0.15, 0.2) is 35.1 Å². The molecular formula is C33H30F5N5O9. The molecule has 14 nitrogen and oxygen atoms in total. The van der Waals surface area contributed by atoms with Crippen molar-refractivity contribution in [3.05, 3.63) is 53.4 Å². The fourth-order valence-electron chi connectivity index (χ4n) is 8.05. The average molecular weight is 736 g/mol. The number of hydrogen-bond donors (Lipinski definition) is 3. The van der Waals surface area contributed by atoms with E-state index in [2.05, 4.69) is 35.4 Å². The molecule has 4 bridgehead atoms. The summed E-state index contributed by atoms with van der Waals surface area (Å²) in [5, 5.41) is 8.62. The first-order chi connectivity index (χ1) is 24.5. The molecule has 4 saturated carbocycles. The molecule has 3 N–H and O–H groups in total. The van der Waals surface area contributed by atoms with Crippen molar-refractivity contribution >= 4 is 29.3 Å². The molecule has 7 aliphatic rings. The summed E-state index contributed by atoms with van der Waals surface area (Å²) >= 11 is 0. The van der Waals surface area contributed by atoms with Crippen LogP contribution in [-0.2, 0) is 14.9 Å². The number of aromatic nitrogens is 2. The number of anilines is 2. The van der Waals surface area contributed by atoms with Crippen molar-refractivity contribution in [2.75, 3.05) is 31.5 Å². The quantitative estimate of drug-likeness (QED) is 0.197.